The van der Waals surface area contributed by atoms with Crippen LogP contribution < -0.4 is 0 Å². The summed E-state index contributed by atoms with van der Waals surface area (Å²) < 4.78 is 15.2. The minimum absolute atomic E-state index is 0.156. The van der Waals surface area contributed by atoms with Crippen LogP contribution in [0.3, 0.4) is 0 Å². The lowest BCUT2D eigenvalue weighted by Gasteiger charge is -2.22. The smallest absolute Gasteiger partial charge is 0.196 e. The van der Waals surface area contributed by atoms with Gasteiger partial charge in [-0.25, -0.2) is 0 Å². The molecule has 4 heteroatoms. The molecule has 0 spiro atoms. The number of rotatable bonds is 6. The molecular weight excluding hydrogens is 208 g/mol. The zero-order valence-electron chi connectivity index (χ0n) is 9.67. The van der Waals surface area contributed by atoms with Gasteiger partial charge in [0.2, 0.25) is 0 Å². The number of carbonyl (C=O) groups excluding carboxylic acids is 1. The Bertz CT molecular complexity index is 319. The van der Waals surface area contributed by atoms with Crippen molar-refractivity contribution in [1.82, 2.24) is 0 Å². The molecule has 0 aromatic heterocycles. The van der Waals surface area contributed by atoms with Crippen molar-refractivity contribution in [1.29, 1.82) is 0 Å². The molecule has 1 unspecified atom stereocenters. The third-order valence-corrected chi connectivity index (χ3v) is 2.28. The summed E-state index contributed by atoms with van der Waals surface area (Å²) in [5.74, 6) is -0.156. The van der Waals surface area contributed by atoms with Crippen LogP contribution in [0.4, 0.5) is 0 Å². The Kier molecular flexibility index (Phi) is 5.11. The zero-order chi connectivity index (χ0) is 12.0. The minimum Gasteiger partial charge on any atom is -0.368 e. The number of benzene rings is 1. The molecule has 0 radical (unpaired) electrons. The summed E-state index contributed by atoms with van der Waals surface area (Å²) in [6.45, 7) is 0. The summed E-state index contributed by atoms with van der Waals surface area (Å²) in [5.41, 5.74) is 0.577. The highest BCUT2D eigenvalue weighted by atomic mass is 16.7. The lowest BCUT2D eigenvalue weighted by Crippen LogP contribution is -2.38. The molecule has 16 heavy (non-hydrogen) atoms. The molecule has 0 aliphatic rings. The van der Waals surface area contributed by atoms with Crippen LogP contribution in [-0.4, -0.2) is 39.5 Å². The van der Waals surface area contributed by atoms with Crippen LogP contribution in [-0.2, 0) is 14.2 Å². The van der Waals surface area contributed by atoms with Crippen LogP contribution in [0, 0.1) is 0 Å². The molecule has 88 valence electrons. The van der Waals surface area contributed by atoms with E-state index >= 15 is 0 Å². The van der Waals surface area contributed by atoms with Crippen molar-refractivity contribution in [2.75, 3.05) is 21.3 Å². The highest BCUT2D eigenvalue weighted by Crippen LogP contribution is 2.11. The highest BCUT2D eigenvalue weighted by Gasteiger charge is 2.28. The predicted molar refractivity (Wildman–Crippen MR) is 59.4 cm³/mol. The van der Waals surface area contributed by atoms with Gasteiger partial charge in [-0.15, -0.1) is 0 Å². The summed E-state index contributed by atoms with van der Waals surface area (Å²) in [7, 11) is 4.40. The first-order valence-corrected chi connectivity index (χ1v) is 4.92. The van der Waals surface area contributed by atoms with Crippen molar-refractivity contribution in [3.05, 3.63) is 35.9 Å². The van der Waals surface area contributed by atoms with Gasteiger partial charge < -0.3 is 14.2 Å². The molecule has 0 fully saturated rings. The number of carbonyl (C=O) groups is 1. The van der Waals surface area contributed by atoms with Crippen LogP contribution in [0.15, 0.2) is 30.3 Å². The van der Waals surface area contributed by atoms with Gasteiger partial charge in [-0.05, 0) is 0 Å². The topological polar surface area (TPSA) is 44.8 Å². The molecule has 1 atom stereocenters. The van der Waals surface area contributed by atoms with Gasteiger partial charge in [0.15, 0.2) is 18.2 Å². The lowest BCUT2D eigenvalue weighted by atomic mass is 10.1. The Hall–Kier alpha value is -1.23. The number of Topliss-reactive ketones (excluding diaryl/α,β-unsaturated/α-hetero) is 1. The van der Waals surface area contributed by atoms with E-state index in [2.05, 4.69) is 0 Å². The van der Waals surface area contributed by atoms with E-state index in [4.69, 9.17) is 14.2 Å². The normalized spacial score (nSPS) is 12.8. The van der Waals surface area contributed by atoms with Gasteiger partial charge in [-0.1, -0.05) is 30.3 Å². The Morgan fingerprint density at radius 2 is 1.56 bits per heavy atom. The van der Waals surface area contributed by atoms with Crippen molar-refractivity contribution in [2.45, 2.75) is 12.4 Å². The van der Waals surface area contributed by atoms with Crippen molar-refractivity contribution in [3.63, 3.8) is 0 Å². The van der Waals surface area contributed by atoms with Gasteiger partial charge in [0.25, 0.3) is 0 Å². The Balaban J connectivity index is 2.85. The fraction of sp³-hybridized carbons (Fsp3) is 0.417. The van der Waals surface area contributed by atoms with Crippen LogP contribution in [0.5, 0.6) is 0 Å². The van der Waals surface area contributed by atoms with E-state index in [1.807, 2.05) is 6.07 Å². The summed E-state index contributed by atoms with van der Waals surface area (Å²) in [6, 6.07) is 8.92. The molecule has 1 aromatic carbocycles. The highest BCUT2D eigenvalue weighted by molar-refractivity contribution is 5.99. The van der Waals surface area contributed by atoms with E-state index in [-0.39, 0.29) is 5.78 Å². The average Bonchev–Trinajstić information content (AvgIpc) is 2.36. The van der Waals surface area contributed by atoms with Crippen LogP contribution in [0.1, 0.15) is 10.4 Å². The second-order valence-electron chi connectivity index (χ2n) is 3.23. The molecule has 0 saturated carbocycles. The molecule has 0 aliphatic heterocycles. The molecule has 0 saturated heterocycles. The predicted octanol–water partition coefficient (Wildman–Crippen LogP) is 1.50. The summed E-state index contributed by atoms with van der Waals surface area (Å²) in [5, 5.41) is 0. The third-order valence-electron chi connectivity index (χ3n) is 2.28. The number of ether oxygens (including phenoxy) is 3. The van der Waals surface area contributed by atoms with Crippen molar-refractivity contribution in [2.24, 2.45) is 0 Å². The first kappa shape index (κ1) is 12.8. The Labute approximate surface area is 95.1 Å². The van der Waals surface area contributed by atoms with E-state index in [9.17, 15) is 4.79 Å². The van der Waals surface area contributed by atoms with E-state index in [0.717, 1.165) is 0 Å². The maximum Gasteiger partial charge on any atom is 0.196 e. The number of hydrogen-bond donors (Lipinski definition) is 0. The maximum absolute atomic E-state index is 12.1. The van der Waals surface area contributed by atoms with Gasteiger partial charge in [0, 0.05) is 26.9 Å². The lowest BCUT2D eigenvalue weighted by molar-refractivity contribution is -0.158. The summed E-state index contributed by atoms with van der Waals surface area (Å²) >= 11 is 0. The average molecular weight is 224 g/mol. The second-order valence-corrected chi connectivity index (χ2v) is 3.23. The third kappa shape index (κ3) is 2.88. The molecule has 4 nitrogen and oxygen atoms in total. The minimum atomic E-state index is -0.752. The van der Waals surface area contributed by atoms with Crippen molar-refractivity contribution < 1.29 is 19.0 Å². The molecule has 1 aromatic rings. The maximum atomic E-state index is 12.1. The quantitative estimate of drug-likeness (QED) is 0.542. The molecule has 0 aliphatic carbocycles. The monoisotopic (exact) mass is 224 g/mol. The molecule has 0 bridgehead atoms. The number of ketones is 1. The second kappa shape index (κ2) is 6.37. The fourth-order valence-electron chi connectivity index (χ4n) is 1.45. The Morgan fingerprint density at radius 3 is 2.00 bits per heavy atom. The van der Waals surface area contributed by atoms with Gasteiger partial charge in [-0.3, -0.25) is 4.79 Å². The fourth-order valence-corrected chi connectivity index (χ4v) is 1.45. The van der Waals surface area contributed by atoms with Gasteiger partial charge in [-0.2, -0.15) is 0 Å². The summed E-state index contributed by atoms with van der Waals surface area (Å²) in [6.07, 6.45) is -1.45. The SMILES string of the molecule is COC(OC)C(OC)C(=O)c1ccccc1. The zero-order valence-corrected chi connectivity index (χ0v) is 9.67. The first-order valence-electron chi connectivity index (χ1n) is 4.92. The van der Waals surface area contributed by atoms with Gasteiger partial charge in [0.05, 0.1) is 0 Å². The van der Waals surface area contributed by atoms with E-state index in [1.54, 1.807) is 24.3 Å². The number of hydrogen-bond acceptors (Lipinski definition) is 4. The standard InChI is InChI=1S/C12H16O4/c1-14-11(12(15-2)16-3)10(13)9-7-5-4-6-8-9/h4-8,11-12H,1-3H3. The molecule has 0 amide bonds. The van der Waals surface area contributed by atoms with Crippen molar-refractivity contribution in [3.8, 4) is 0 Å². The van der Waals surface area contributed by atoms with Gasteiger partial charge >= 0.3 is 0 Å². The van der Waals surface area contributed by atoms with Crippen LogP contribution in [0.2, 0.25) is 0 Å². The van der Waals surface area contributed by atoms with E-state index in [0.29, 0.717) is 5.56 Å². The molecule has 1 rings (SSSR count). The molecule has 0 heterocycles. The van der Waals surface area contributed by atoms with Crippen molar-refractivity contribution >= 4 is 5.78 Å². The molecular formula is C12H16O4. The Morgan fingerprint density at radius 1 is 1.00 bits per heavy atom. The largest absolute Gasteiger partial charge is 0.368 e. The van der Waals surface area contributed by atoms with E-state index < -0.39 is 12.4 Å². The van der Waals surface area contributed by atoms with E-state index in [1.165, 1.54) is 21.3 Å². The van der Waals surface area contributed by atoms with Crippen LogP contribution >= 0.6 is 0 Å². The van der Waals surface area contributed by atoms with Crippen LogP contribution in [0.25, 0.3) is 0 Å². The number of methoxy groups -OCH3 is 3. The van der Waals surface area contributed by atoms with Gasteiger partial charge in [0.1, 0.15) is 0 Å². The molecule has 0 N–H and O–H groups in total. The first-order chi connectivity index (χ1) is 7.74. The summed E-state index contributed by atoms with van der Waals surface area (Å²) in [4.78, 5) is 12.1.